The number of aromatic amines is 1. The molecule has 2 amide bonds. The first-order chi connectivity index (χ1) is 13.6. The Balaban J connectivity index is 1.80. The number of nitrogens with one attached hydrogen (secondary N) is 3. The summed E-state index contributed by atoms with van der Waals surface area (Å²) in [5.41, 5.74) is 2.39. The van der Waals surface area contributed by atoms with E-state index >= 15 is 0 Å². The Labute approximate surface area is 165 Å². The SMILES string of the molecule is COC(=O)CCc1ccc(NC(=O)Nc2ccccc2Cl)c(-c2nn[nH]n2)c1. The van der Waals surface area contributed by atoms with Crippen LogP contribution < -0.4 is 10.6 Å². The zero-order chi connectivity index (χ0) is 19.9. The Hall–Kier alpha value is -3.46. The molecule has 1 heterocycles. The van der Waals surface area contributed by atoms with Crippen molar-refractivity contribution in [2.24, 2.45) is 0 Å². The van der Waals surface area contributed by atoms with E-state index in [0.29, 0.717) is 34.2 Å². The van der Waals surface area contributed by atoms with E-state index in [1.807, 2.05) is 0 Å². The summed E-state index contributed by atoms with van der Waals surface area (Å²) in [5.74, 6) is 0.00962. The summed E-state index contributed by atoms with van der Waals surface area (Å²) in [6, 6.07) is 11.7. The van der Waals surface area contributed by atoms with Gasteiger partial charge in [-0.15, -0.1) is 10.2 Å². The standard InChI is InChI=1S/C18H17ClN6O3/c1-28-16(26)9-7-11-6-8-14(12(10-11)17-22-24-25-23-17)20-18(27)21-15-5-3-2-4-13(15)19/h2-6,8,10H,7,9H2,1H3,(H2,20,21,27)(H,22,23,24,25). The third-order valence-corrected chi connectivity index (χ3v) is 4.22. The van der Waals surface area contributed by atoms with Crippen LogP contribution in [0.2, 0.25) is 5.02 Å². The van der Waals surface area contributed by atoms with Gasteiger partial charge in [0.05, 0.1) is 23.5 Å². The minimum absolute atomic E-state index is 0.238. The summed E-state index contributed by atoms with van der Waals surface area (Å²) < 4.78 is 4.66. The van der Waals surface area contributed by atoms with Crippen molar-refractivity contribution in [3.05, 3.63) is 53.1 Å². The van der Waals surface area contributed by atoms with E-state index < -0.39 is 6.03 Å². The van der Waals surface area contributed by atoms with Crippen LogP contribution in [0.25, 0.3) is 11.4 Å². The minimum Gasteiger partial charge on any atom is -0.469 e. The lowest BCUT2D eigenvalue weighted by atomic mass is 10.0. The topological polar surface area (TPSA) is 122 Å². The number of tetrazole rings is 1. The van der Waals surface area contributed by atoms with E-state index in [-0.39, 0.29) is 12.4 Å². The fourth-order valence-corrected chi connectivity index (χ4v) is 2.69. The monoisotopic (exact) mass is 400 g/mol. The van der Waals surface area contributed by atoms with Gasteiger partial charge in [0.25, 0.3) is 0 Å². The van der Waals surface area contributed by atoms with E-state index in [0.717, 1.165) is 5.56 Å². The molecule has 0 unspecified atom stereocenters. The molecule has 0 saturated heterocycles. The van der Waals surface area contributed by atoms with E-state index in [1.165, 1.54) is 7.11 Å². The highest BCUT2D eigenvalue weighted by molar-refractivity contribution is 6.33. The zero-order valence-corrected chi connectivity index (χ0v) is 15.7. The van der Waals surface area contributed by atoms with Gasteiger partial charge in [-0.3, -0.25) is 4.79 Å². The average Bonchev–Trinajstić information content (AvgIpc) is 3.23. The lowest BCUT2D eigenvalue weighted by Gasteiger charge is -2.12. The van der Waals surface area contributed by atoms with Crippen LogP contribution in [0.15, 0.2) is 42.5 Å². The molecule has 3 N–H and O–H groups in total. The maximum absolute atomic E-state index is 12.4. The third-order valence-electron chi connectivity index (χ3n) is 3.89. The molecule has 0 aliphatic heterocycles. The summed E-state index contributed by atoms with van der Waals surface area (Å²) in [7, 11) is 1.34. The van der Waals surface area contributed by atoms with Crippen molar-refractivity contribution in [3.8, 4) is 11.4 Å². The highest BCUT2D eigenvalue weighted by Gasteiger charge is 2.14. The number of halogens is 1. The maximum Gasteiger partial charge on any atom is 0.323 e. The van der Waals surface area contributed by atoms with Gasteiger partial charge in [-0.2, -0.15) is 5.21 Å². The number of aromatic nitrogens is 4. The molecule has 28 heavy (non-hydrogen) atoms. The smallest absolute Gasteiger partial charge is 0.323 e. The van der Waals surface area contributed by atoms with Gasteiger partial charge in [-0.05, 0) is 41.5 Å². The fraction of sp³-hybridized carbons (Fsp3) is 0.167. The molecule has 1 aromatic heterocycles. The number of carbonyl (C=O) groups is 2. The summed E-state index contributed by atoms with van der Waals surface area (Å²) in [5, 5.41) is 19.8. The number of methoxy groups -OCH3 is 1. The Bertz CT molecular complexity index is 977. The number of urea groups is 1. The molecule has 10 heteroatoms. The summed E-state index contributed by atoms with van der Waals surface area (Å²) in [4.78, 5) is 23.8. The quantitative estimate of drug-likeness (QED) is 0.546. The van der Waals surface area contributed by atoms with Crippen LogP contribution in [-0.2, 0) is 16.0 Å². The second-order valence-electron chi connectivity index (χ2n) is 5.75. The molecular formula is C18H17ClN6O3. The third kappa shape index (κ3) is 4.83. The zero-order valence-electron chi connectivity index (χ0n) is 14.9. The van der Waals surface area contributed by atoms with Crippen LogP contribution in [-0.4, -0.2) is 39.7 Å². The number of anilines is 2. The van der Waals surface area contributed by atoms with Gasteiger partial charge in [0.2, 0.25) is 5.82 Å². The molecule has 0 saturated carbocycles. The van der Waals surface area contributed by atoms with Crippen molar-refractivity contribution in [1.29, 1.82) is 0 Å². The van der Waals surface area contributed by atoms with Crippen molar-refractivity contribution >= 4 is 35.0 Å². The highest BCUT2D eigenvalue weighted by atomic mass is 35.5. The van der Waals surface area contributed by atoms with Gasteiger partial charge in [0, 0.05) is 12.0 Å². The maximum atomic E-state index is 12.4. The molecular weight excluding hydrogens is 384 g/mol. The number of para-hydroxylation sites is 1. The molecule has 0 aliphatic carbocycles. The van der Waals surface area contributed by atoms with Crippen LogP contribution in [0, 0.1) is 0 Å². The first kappa shape index (κ1) is 19.3. The lowest BCUT2D eigenvalue weighted by Crippen LogP contribution is -2.20. The van der Waals surface area contributed by atoms with Crippen LogP contribution in [0.1, 0.15) is 12.0 Å². The number of aryl methyl sites for hydroxylation is 1. The second kappa shape index (κ2) is 8.96. The van der Waals surface area contributed by atoms with Crippen molar-refractivity contribution < 1.29 is 14.3 Å². The van der Waals surface area contributed by atoms with E-state index in [9.17, 15) is 9.59 Å². The molecule has 3 aromatic rings. The number of hydrogen-bond donors (Lipinski definition) is 3. The number of hydrogen-bond acceptors (Lipinski definition) is 6. The van der Waals surface area contributed by atoms with Gasteiger partial charge in [-0.25, -0.2) is 4.79 Å². The molecule has 2 aromatic carbocycles. The summed E-state index contributed by atoms with van der Waals surface area (Å²) >= 11 is 6.06. The average molecular weight is 401 g/mol. The fourth-order valence-electron chi connectivity index (χ4n) is 2.50. The number of carbonyl (C=O) groups excluding carboxylic acids is 2. The Morgan fingerprint density at radius 2 is 1.93 bits per heavy atom. The highest BCUT2D eigenvalue weighted by Crippen LogP contribution is 2.27. The van der Waals surface area contributed by atoms with Gasteiger partial charge in [0.15, 0.2) is 0 Å². The molecule has 0 bridgehead atoms. The number of ether oxygens (including phenoxy) is 1. The molecule has 0 spiro atoms. The number of rotatable bonds is 6. The van der Waals surface area contributed by atoms with E-state index in [1.54, 1.807) is 42.5 Å². The number of esters is 1. The predicted molar refractivity (Wildman–Crippen MR) is 104 cm³/mol. The Morgan fingerprint density at radius 1 is 1.14 bits per heavy atom. The molecule has 0 atom stereocenters. The minimum atomic E-state index is -0.472. The Morgan fingerprint density at radius 3 is 2.64 bits per heavy atom. The van der Waals surface area contributed by atoms with Crippen molar-refractivity contribution in [2.45, 2.75) is 12.8 Å². The second-order valence-corrected chi connectivity index (χ2v) is 6.16. The van der Waals surface area contributed by atoms with Crippen LogP contribution in [0.3, 0.4) is 0 Å². The van der Waals surface area contributed by atoms with Gasteiger partial charge in [-0.1, -0.05) is 29.8 Å². The van der Waals surface area contributed by atoms with Crippen molar-refractivity contribution in [3.63, 3.8) is 0 Å². The van der Waals surface area contributed by atoms with Gasteiger partial charge < -0.3 is 15.4 Å². The first-order valence-corrected chi connectivity index (χ1v) is 8.70. The Kier molecular flexibility index (Phi) is 6.18. The normalized spacial score (nSPS) is 10.4. The van der Waals surface area contributed by atoms with Crippen LogP contribution in [0.5, 0.6) is 0 Å². The van der Waals surface area contributed by atoms with Crippen LogP contribution in [0.4, 0.5) is 16.2 Å². The molecule has 144 valence electrons. The lowest BCUT2D eigenvalue weighted by molar-refractivity contribution is -0.140. The summed E-state index contributed by atoms with van der Waals surface area (Å²) in [6.07, 6.45) is 0.714. The molecule has 0 radical (unpaired) electrons. The largest absolute Gasteiger partial charge is 0.469 e. The molecule has 9 nitrogen and oxygen atoms in total. The number of nitrogens with zero attached hydrogens (tertiary/aromatic N) is 3. The predicted octanol–water partition coefficient (Wildman–Crippen LogP) is 3.27. The van der Waals surface area contributed by atoms with E-state index in [2.05, 4.69) is 36.0 Å². The number of benzene rings is 2. The summed E-state index contributed by atoms with van der Waals surface area (Å²) in [6.45, 7) is 0. The van der Waals surface area contributed by atoms with Crippen molar-refractivity contribution in [2.75, 3.05) is 17.7 Å². The molecule has 3 rings (SSSR count). The van der Waals surface area contributed by atoms with Gasteiger partial charge in [0.1, 0.15) is 0 Å². The number of amides is 2. The van der Waals surface area contributed by atoms with Crippen molar-refractivity contribution in [1.82, 2.24) is 20.6 Å². The van der Waals surface area contributed by atoms with Crippen LogP contribution >= 0.6 is 11.6 Å². The number of H-pyrrole nitrogens is 1. The molecule has 0 fully saturated rings. The molecule has 0 aliphatic rings. The first-order valence-electron chi connectivity index (χ1n) is 8.33. The van der Waals surface area contributed by atoms with E-state index in [4.69, 9.17) is 11.6 Å². The van der Waals surface area contributed by atoms with Gasteiger partial charge >= 0.3 is 12.0 Å².